The Labute approximate surface area is 163 Å². The molecular formula is C18H22FIN4O. The van der Waals surface area contributed by atoms with Gasteiger partial charge < -0.3 is 16.4 Å². The molecule has 0 aromatic heterocycles. The molecule has 0 atom stereocenters. The second-order valence-electron chi connectivity index (χ2n) is 5.43. The number of nitrogens with one attached hydrogen (secondary N) is 2. The van der Waals surface area contributed by atoms with Crippen LogP contribution in [-0.4, -0.2) is 18.9 Å². The molecule has 1 amide bonds. The minimum Gasteiger partial charge on any atom is -0.366 e. The van der Waals surface area contributed by atoms with Gasteiger partial charge in [-0.05, 0) is 41.8 Å². The molecule has 0 aliphatic carbocycles. The van der Waals surface area contributed by atoms with Gasteiger partial charge in [0.05, 0.1) is 0 Å². The highest BCUT2D eigenvalue weighted by Crippen LogP contribution is 2.09. The Bertz CT molecular complexity index is 764. The van der Waals surface area contributed by atoms with Gasteiger partial charge >= 0.3 is 0 Å². The fourth-order valence-corrected chi connectivity index (χ4v) is 2.17. The number of nitrogens with zero attached hydrogens (tertiary/aromatic N) is 1. The van der Waals surface area contributed by atoms with Gasteiger partial charge in [0.25, 0.3) is 0 Å². The quantitative estimate of drug-likeness (QED) is 0.368. The third kappa shape index (κ3) is 6.33. The highest BCUT2D eigenvalue weighted by molar-refractivity contribution is 14.0. The van der Waals surface area contributed by atoms with Gasteiger partial charge in [-0.25, -0.2) is 4.39 Å². The van der Waals surface area contributed by atoms with Crippen LogP contribution in [0.5, 0.6) is 0 Å². The zero-order valence-corrected chi connectivity index (χ0v) is 16.5. The number of hydrogen-bond donors (Lipinski definition) is 3. The molecule has 7 heteroatoms. The van der Waals surface area contributed by atoms with Gasteiger partial charge in [0.2, 0.25) is 5.91 Å². The number of benzene rings is 2. The van der Waals surface area contributed by atoms with Crippen LogP contribution in [0.1, 0.15) is 27.0 Å². The number of primary amides is 1. The predicted molar refractivity (Wildman–Crippen MR) is 109 cm³/mol. The molecule has 0 saturated heterocycles. The van der Waals surface area contributed by atoms with E-state index in [-0.39, 0.29) is 29.8 Å². The van der Waals surface area contributed by atoms with Crippen molar-refractivity contribution in [2.75, 3.05) is 7.05 Å². The molecule has 0 spiro atoms. The van der Waals surface area contributed by atoms with Crippen LogP contribution in [0.25, 0.3) is 0 Å². The Kier molecular flexibility index (Phi) is 8.33. The summed E-state index contributed by atoms with van der Waals surface area (Å²) in [6.07, 6.45) is 0. The number of nitrogens with two attached hydrogens (primary N) is 1. The molecule has 134 valence electrons. The lowest BCUT2D eigenvalue weighted by Gasteiger charge is -2.12. The first-order valence-electron chi connectivity index (χ1n) is 7.58. The summed E-state index contributed by atoms with van der Waals surface area (Å²) in [6.45, 7) is 2.68. The average molecular weight is 456 g/mol. The van der Waals surface area contributed by atoms with Crippen molar-refractivity contribution >= 4 is 35.8 Å². The van der Waals surface area contributed by atoms with Crippen molar-refractivity contribution in [1.82, 2.24) is 10.6 Å². The van der Waals surface area contributed by atoms with Gasteiger partial charge in [0.1, 0.15) is 5.82 Å². The number of carbonyl (C=O) groups is 1. The highest BCUT2D eigenvalue weighted by Gasteiger charge is 2.04. The number of aliphatic imine (C=N–C) groups is 1. The summed E-state index contributed by atoms with van der Waals surface area (Å²) in [6, 6.07) is 12.2. The summed E-state index contributed by atoms with van der Waals surface area (Å²) in [5, 5.41) is 6.26. The highest BCUT2D eigenvalue weighted by atomic mass is 127. The van der Waals surface area contributed by atoms with Crippen LogP contribution >= 0.6 is 24.0 Å². The van der Waals surface area contributed by atoms with E-state index in [9.17, 15) is 9.18 Å². The van der Waals surface area contributed by atoms with Crippen molar-refractivity contribution in [2.24, 2.45) is 10.7 Å². The average Bonchev–Trinajstić information content (AvgIpc) is 2.58. The Morgan fingerprint density at radius 2 is 1.76 bits per heavy atom. The van der Waals surface area contributed by atoms with Crippen LogP contribution in [0, 0.1) is 12.7 Å². The number of hydrogen-bond acceptors (Lipinski definition) is 2. The zero-order chi connectivity index (χ0) is 17.5. The maximum absolute atomic E-state index is 13.5. The smallest absolute Gasteiger partial charge is 0.248 e. The van der Waals surface area contributed by atoms with Crippen LogP contribution in [0.4, 0.5) is 4.39 Å². The Hall–Kier alpha value is -2.16. The molecule has 0 aliphatic heterocycles. The van der Waals surface area contributed by atoms with Crippen molar-refractivity contribution in [3.8, 4) is 0 Å². The molecule has 0 bridgehead atoms. The molecule has 0 unspecified atom stereocenters. The summed E-state index contributed by atoms with van der Waals surface area (Å²) in [5.74, 6) is -0.0956. The third-order valence-corrected chi connectivity index (χ3v) is 3.59. The topological polar surface area (TPSA) is 79.5 Å². The fourth-order valence-electron chi connectivity index (χ4n) is 2.17. The van der Waals surface area contributed by atoms with Gasteiger partial charge in [-0.1, -0.05) is 24.3 Å². The number of amides is 1. The van der Waals surface area contributed by atoms with Crippen molar-refractivity contribution in [3.05, 3.63) is 70.5 Å². The molecule has 0 radical (unpaired) electrons. The van der Waals surface area contributed by atoms with E-state index in [1.54, 1.807) is 38.2 Å². The molecule has 25 heavy (non-hydrogen) atoms. The first kappa shape index (κ1) is 20.9. The molecule has 5 nitrogen and oxygen atoms in total. The zero-order valence-electron chi connectivity index (χ0n) is 14.2. The van der Waals surface area contributed by atoms with Crippen molar-refractivity contribution in [2.45, 2.75) is 20.0 Å². The van der Waals surface area contributed by atoms with Gasteiger partial charge in [-0.15, -0.1) is 24.0 Å². The van der Waals surface area contributed by atoms with Crippen LogP contribution < -0.4 is 16.4 Å². The summed E-state index contributed by atoms with van der Waals surface area (Å²) in [4.78, 5) is 15.3. The summed E-state index contributed by atoms with van der Waals surface area (Å²) < 4.78 is 13.5. The molecule has 4 N–H and O–H groups in total. The van der Waals surface area contributed by atoms with E-state index in [0.717, 1.165) is 11.1 Å². The van der Waals surface area contributed by atoms with Gasteiger partial charge in [-0.2, -0.15) is 0 Å². The first-order valence-corrected chi connectivity index (χ1v) is 7.58. The monoisotopic (exact) mass is 456 g/mol. The number of guanidine groups is 1. The molecule has 2 rings (SSSR count). The lowest BCUT2D eigenvalue weighted by atomic mass is 10.1. The van der Waals surface area contributed by atoms with Crippen LogP contribution in [0.3, 0.4) is 0 Å². The molecule has 0 heterocycles. The van der Waals surface area contributed by atoms with Crippen LogP contribution in [0.15, 0.2) is 47.5 Å². The number of carbonyl (C=O) groups excluding carboxylic acids is 1. The van der Waals surface area contributed by atoms with Gasteiger partial charge in [0, 0.05) is 25.7 Å². The van der Waals surface area contributed by atoms with Crippen molar-refractivity contribution in [3.63, 3.8) is 0 Å². The number of aryl methyl sites for hydroxylation is 1. The van der Waals surface area contributed by atoms with E-state index in [2.05, 4.69) is 15.6 Å². The van der Waals surface area contributed by atoms with Crippen molar-refractivity contribution in [1.29, 1.82) is 0 Å². The predicted octanol–water partition coefficient (Wildman–Crippen LogP) is 2.72. The van der Waals surface area contributed by atoms with Crippen molar-refractivity contribution < 1.29 is 9.18 Å². The SMILES string of the molecule is CN=C(NCc1cccc(C(N)=O)c1)NCc1ccc(C)c(F)c1.I. The van der Waals surface area contributed by atoms with E-state index < -0.39 is 5.91 Å². The Morgan fingerprint density at radius 1 is 1.12 bits per heavy atom. The summed E-state index contributed by atoms with van der Waals surface area (Å²) in [7, 11) is 1.66. The Morgan fingerprint density at radius 3 is 2.32 bits per heavy atom. The van der Waals surface area contributed by atoms with Crippen LogP contribution in [-0.2, 0) is 13.1 Å². The minimum absolute atomic E-state index is 0. The van der Waals surface area contributed by atoms with Crippen LogP contribution in [0.2, 0.25) is 0 Å². The minimum atomic E-state index is -0.458. The van der Waals surface area contributed by atoms with E-state index >= 15 is 0 Å². The van der Waals surface area contributed by atoms with E-state index in [0.29, 0.717) is 30.2 Å². The second kappa shape index (κ2) is 9.97. The first-order chi connectivity index (χ1) is 11.5. The normalized spacial score (nSPS) is 10.8. The lowest BCUT2D eigenvalue weighted by molar-refractivity contribution is 0.1000. The number of halogens is 2. The molecule has 0 saturated carbocycles. The van der Waals surface area contributed by atoms with E-state index in [4.69, 9.17) is 5.73 Å². The summed E-state index contributed by atoms with van der Waals surface area (Å²) in [5.41, 5.74) is 8.10. The standard InChI is InChI=1S/C18H21FN4O.HI/c1-12-6-7-14(9-16(12)19)11-23-18(21-2)22-10-13-4-3-5-15(8-13)17(20)24;/h3-9H,10-11H2,1-2H3,(H2,20,24)(H2,21,22,23);1H. The van der Waals surface area contributed by atoms with Gasteiger partial charge in [0.15, 0.2) is 5.96 Å². The molecule has 2 aromatic rings. The summed E-state index contributed by atoms with van der Waals surface area (Å²) >= 11 is 0. The Balaban J connectivity index is 0.00000312. The van der Waals surface area contributed by atoms with Gasteiger partial charge in [-0.3, -0.25) is 9.79 Å². The van der Waals surface area contributed by atoms with E-state index in [1.807, 2.05) is 12.1 Å². The lowest BCUT2D eigenvalue weighted by Crippen LogP contribution is -2.36. The third-order valence-electron chi connectivity index (χ3n) is 3.59. The van der Waals surface area contributed by atoms with E-state index in [1.165, 1.54) is 6.07 Å². The fraction of sp³-hybridized carbons (Fsp3) is 0.222. The maximum Gasteiger partial charge on any atom is 0.248 e. The largest absolute Gasteiger partial charge is 0.366 e. The molecule has 0 aliphatic rings. The molecule has 0 fully saturated rings. The molecular weight excluding hydrogens is 434 g/mol. The second-order valence-corrected chi connectivity index (χ2v) is 5.43. The molecule has 2 aromatic carbocycles. The number of rotatable bonds is 5. The maximum atomic E-state index is 13.5.